The molecule has 94 valence electrons. The van der Waals surface area contributed by atoms with Crippen LogP contribution in [0.4, 0.5) is 0 Å². The Morgan fingerprint density at radius 3 is 2.41 bits per heavy atom. The molecule has 4 heteroatoms. The first-order chi connectivity index (χ1) is 7.99. The normalized spacial score (nSPS) is 21.8. The average molecular weight is 237 g/mol. The van der Waals surface area contributed by atoms with E-state index in [-0.39, 0.29) is 5.54 Å². The SMILES string of the molecule is COc1cc2c(cc1OC)C(O)C(C)(C)NC2. The third-order valence-corrected chi connectivity index (χ3v) is 3.36. The maximum atomic E-state index is 10.3. The van der Waals surface area contributed by atoms with Gasteiger partial charge in [-0.1, -0.05) is 0 Å². The molecule has 1 unspecified atom stereocenters. The van der Waals surface area contributed by atoms with Crippen LogP contribution in [0.3, 0.4) is 0 Å². The van der Waals surface area contributed by atoms with Gasteiger partial charge in [0.05, 0.1) is 20.3 Å². The number of aliphatic hydroxyl groups is 1. The molecule has 0 saturated carbocycles. The largest absolute Gasteiger partial charge is 0.493 e. The van der Waals surface area contributed by atoms with E-state index in [2.05, 4.69) is 5.32 Å². The van der Waals surface area contributed by atoms with Gasteiger partial charge in [-0.05, 0) is 37.1 Å². The van der Waals surface area contributed by atoms with Gasteiger partial charge in [0, 0.05) is 12.1 Å². The van der Waals surface area contributed by atoms with Crippen molar-refractivity contribution >= 4 is 0 Å². The number of rotatable bonds is 2. The van der Waals surface area contributed by atoms with Crippen molar-refractivity contribution in [1.82, 2.24) is 5.32 Å². The van der Waals surface area contributed by atoms with E-state index in [9.17, 15) is 5.11 Å². The van der Waals surface area contributed by atoms with Gasteiger partial charge in [0.1, 0.15) is 0 Å². The minimum atomic E-state index is -0.550. The Labute approximate surface area is 102 Å². The average Bonchev–Trinajstić information content (AvgIpc) is 2.33. The van der Waals surface area contributed by atoms with Crippen LogP contribution < -0.4 is 14.8 Å². The first-order valence-corrected chi connectivity index (χ1v) is 5.67. The first kappa shape index (κ1) is 12.2. The van der Waals surface area contributed by atoms with E-state index in [1.165, 1.54) is 0 Å². The Morgan fingerprint density at radius 2 is 1.82 bits per heavy atom. The zero-order valence-electron chi connectivity index (χ0n) is 10.7. The molecule has 0 fully saturated rings. The van der Waals surface area contributed by atoms with Gasteiger partial charge in [-0.15, -0.1) is 0 Å². The molecule has 2 rings (SSSR count). The Kier molecular flexibility index (Phi) is 3.02. The summed E-state index contributed by atoms with van der Waals surface area (Å²) in [5.74, 6) is 1.35. The molecule has 1 aromatic rings. The zero-order valence-corrected chi connectivity index (χ0v) is 10.7. The molecule has 0 saturated heterocycles. The lowest BCUT2D eigenvalue weighted by Crippen LogP contribution is -2.48. The molecule has 4 nitrogen and oxygen atoms in total. The summed E-state index contributed by atoms with van der Waals surface area (Å²) in [6, 6.07) is 3.78. The molecule has 1 atom stereocenters. The fraction of sp³-hybridized carbons (Fsp3) is 0.538. The number of methoxy groups -OCH3 is 2. The Morgan fingerprint density at radius 1 is 1.24 bits per heavy atom. The van der Waals surface area contributed by atoms with Gasteiger partial charge in [-0.25, -0.2) is 0 Å². The van der Waals surface area contributed by atoms with Crippen molar-refractivity contribution in [3.05, 3.63) is 23.3 Å². The number of fused-ring (bicyclic) bond motifs is 1. The standard InChI is InChI=1S/C13H19NO3/c1-13(2)12(15)9-6-11(17-4)10(16-3)5-8(9)7-14-13/h5-6,12,14-15H,7H2,1-4H3. The number of benzene rings is 1. The topological polar surface area (TPSA) is 50.7 Å². The van der Waals surface area contributed by atoms with E-state index < -0.39 is 6.10 Å². The molecule has 1 aliphatic heterocycles. The number of ether oxygens (including phenoxy) is 2. The predicted molar refractivity (Wildman–Crippen MR) is 65.4 cm³/mol. The van der Waals surface area contributed by atoms with Crippen LogP contribution in [-0.2, 0) is 6.54 Å². The van der Waals surface area contributed by atoms with E-state index >= 15 is 0 Å². The fourth-order valence-electron chi connectivity index (χ4n) is 2.15. The first-order valence-electron chi connectivity index (χ1n) is 5.67. The van der Waals surface area contributed by atoms with Gasteiger partial charge in [0.2, 0.25) is 0 Å². The van der Waals surface area contributed by atoms with Gasteiger partial charge in [-0.2, -0.15) is 0 Å². The van der Waals surface area contributed by atoms with Gasteiger partial charge < -0.3 is 19.9 Å². The van der Waals surface area contributed by atoms with Crippen LogP contribution in [-0.4, -0.2) is 24.9 Å². The van der Waals surface area contributed by atoms with Crippen molar-refractivity contribution in [1.29, 1.82) is 0 Å². The van der Waals surface area contributed by atoms with Crippen LogP contribution in [0.1, 0.15) is 31.1 Å². The number of aliphatic hydroxyl groups excluding tert-OH is 1. The lowest BCUT2D eigenvalue weighted by Gasteiger charge is -2.38. The highest BCUT2D eigenvalue weighted by atomic mass is 16.5. The molecule has 0 bridgehead atoms. The summed E-state index contributed by atoms with van der Waals surface area (Å²) in [6.07, 6.45) is -0.550. The molecule has 0 spiro atoms. The van der Waals surface area contributed by atoms with E-state index in [1.807, 2.05) is 26.0 Å². The summed E-state index contributed by atoms with van der Waals surface area (Å²) in [6.45, 7) is 4.69. The number of hydrogen-bond donors (Lipinski definition) is 2. The molecule has 2 N–H and O–H groups in total. The highest BCUT2D eigenvalue weighted by Crippen LogP contribution is 2.39. The van der Waals surface area contributed by atoms with Gasteiger partial charge in [0.25, 0.3) is 0 Å². The monoisotopic (exact) mass is 237 g/mol. The Balaban J connectivity index is 2.51. The molecule has 17 heavy (non-hydrogen) atoms. The van der Waals surface area contributed by atoms with Crippen LogP contribution in [0.5, 0.6) is 11.5 Å². The maximum Gasteiger partial charge on any atom is 0.161 e. The molecule has 1 aliphatic rings. The quantitative estimate of drug-likeness (QED) is 0.820. The second-order valence-corrected chi connectivity index (χ2v) is 4.88. The second kappa shape index (κ2) is 4.20. The molecular weight excluding hydrogens is 218 g/mol. The lowest BCUT2D eigenvalue weighted by atomic mass is 9.84. The highest BCUT2D eigenvalue weighted by Gasteiger charge is 2.35. The lowest BCUT2D eigenvalue weighted by molar-refractivity contribution is 0.0681. The van der Waals surface area contributed by atoms with Crippen molar-refractivity contribution in [2.24, 2.45) is 0 Å². The summed E-state index contributed by atoms with van der Waals surface area (Å²) < 4.78 is 10.5. The fourth-order valence-corrected chi connectivity index (χ4v) is 2.15. The van der Waals surface area contributed by atoms with Crippen molar-refractivity contribution in [3.63, 3.8) is 0 Å². The van der Waals surface area contributed by atoms with Gasteiger partial charge in [-0.3, -0.25) is 0 Å². The summed E-state index contributed by atoms with van der Waals surface area (Å²) in [5.41, 5.74) is 1.63. The molecule has 0 radical (unpaired) electrons. The van der Waals surface area contributed by atoms with E-state index in [0.717, 1.165) is 17.7 Å². The Hall–Kier alpha value is -1.26. The minimum Gasteiger partial charge on any atom is -0.493 e. The van der Waals surface area contributed by atoms with Crippen LogP contribution in [0.15, 0.2) is 12.1 Å². The van der Waals surface area contributed by atoms with E-state index in [1.54, 1.807) is 14.2 Å². The second-order valence-electron chi connectivity index (χ2n) is 4.88. The smallest absolute Gasteiger partial charge is 0.161 e. The zero-order chi connectivity index (χ0) is 12.6. The molecule has 0 aliphatic carbocycles. The van der Waals surface area contributed by atoms with E-state index in [0.29, 0.717) is 11.5 Å². The maximum absolute atomic E-state index is 10.3. The highest BCUT2D eigenvalue weighted by molar-refractivity contribution is 5.49. The van der Waals surface area contributed by atoms with E-state index in [4.69, 9.17) is 9.47 Å². The number of hydrogen-bond acceptors (Lipinski definition) is 4. The summed E-state index contributed by atoms with van der Waals surface area (Å²) in [7, 11) is 3.21. The van der Waals surface area contributed by atoms with Crippen molar-refractivity contribution < 1.29 is 14.6 Å². The minimum absolute atomic E-state index is 0.327. The summed E-state index contributed by atoms with van der Waals surface area (Å²) in [5, 5.41) is 13.6. The van der Waals surface area contributed by atoms with Crippen molar-refractivity contribution in [2.45, 2.75) is 32.0 Å². The summed E-state index contributed by atoms with van der Waals surface area (Å²) >= 11 is 0. The van der Waals surface area contributed by atoms with Crippen molar-refractivity contribution in [2.75, 3.05) is 14.2 Å². The number of nitrogens with one attached hydrogen (secondary N) is 1. The van der Waals surface area contributed by atoms with Crippen molar-refractivity contribution in [3.8, 4) is 11.5 Å². The molecule has 1 aromatic carbocycles. The van der Waals surface area contributed by atoms with Gasteiger partial charge in [0.15, 0.2) is 11.5 Å². The third-order valence-electron chi connectivity index (χ3n) is 3.36. The predicted octanol–water partition coefficient (Wildman–Crippen LogP) is 1.62. The molecular formula is C13H19NO3. The van der Waals surface area contributed by atoms with Gasteiger partial charge >= 0.3 is 0 Å². The van der Waals surface area contributed by atoms with Crippen LogP contribution >= 0.6 is 0 Å². The van der Waals surface area contributed by atoms with Crippen LogP contribution in [0, 0.1) is 0 Å². The Bertz CT molecular complexity index is 429. The molecule has 1 heterocycles. The van der Waals surface area contributed by atoms with Crippen LogP contribution in [0.2, 0.25) is 0 Å². The third kappa shape index (κ3) is 1.98. The molecule has 0 amide bonds. The van der Waals surface area contributed by atoms with Crippen LogP contribution in [0.25, 0.3) is 0 Å². The summed E-state index contributed by atoms with van der Waals surface area (Å²) in [4.78, 5) is 0. The molecule has 0 aromatic heterocycles.